The van der Waals surface area contributed by atoms with Gasteiger partial charge < -0.3 is 15.4 Å². The molecule has 2 aromatic carbocycles. The van der Waals surface area contributed by atoms with Crippen molar-refractivity contribution in [1.82, 2.24) is 10.6 Å². The highest BCUT2D eigenvalue weighted by atomic mass is 127. The predicted molar refractivity (Wildman–Crippen MR) is 130 cm³/mol. The van der Waals surface area contributed by atoms with Crippen LogP contribution in [0.3, 0.4) is 0 Å². The molecule has 28 heavy (non-hydrogen) atoms. The highest BCUT2D eigenvalue weighted by Crippen LogP contribution is 2.25. The Hall–Kier alpha value is -1.25. The number of guanidine groups is 1. The minimum atomic E-state index is 0. The summed E-state index contributed by atoms with van der Waals surface area (Å²) in [6.45, 7) is 2.96. The van der Waals surface area contributed by atoms with Gasteiger partial charge in [0.25, 0.3) is 0 Å². The van der Waals surface area contributed by atoms with Gasteiger partial charge in [0, 0.05) is 25.4 Å². The van der Waals surface area contributed by atoms with Gasteiger partial charge in [0.05, 0.1) is 13.2 Å². The van der Waals surface area contributed by atoms with Crippen molar-refractivity contribution in [2.24, 2.45) is 4.99 Å². The molecule has 6 heteroatoms. The van der Waals surface area contributed by atoms with Crippen molar-refractivity contribution in [2.45, 2.75) is 37.9 Å². The quantitative estimate of drug-likeness (QED) is 0.310. The van der Waals surface area contributed by atoms with Crippen LogP contribution >= 0.6 is 35.7 Å². The van der Waals surface area contributed by atoms with Crippen molar-refractivity contribution in [3.05, 3.63) is 71.3 Å². The van der Waals surface area contributed by atoms with Gasteiger partial charge in [0.2, 0.25) is 0 Å². The Labute approximate surface area is 190 Å². The fourth-order valence-corrected chi connectivity index (χ4v) is 4.34. The zero-order valence-electron chi connectivity index (χ0n) is 16.4. The van der Waals surface area contributed by atoms with Crippen molar-refractivity contribution in [3.8, 4) is 0 Å². The van der Waals surface area contributed by atoms with E-state index in [0.717, 1.165) is 19.0 Å². The van der Waals surface area contributed by atoms with Crippen LogP contribution in [0.1, 0.15) is 29.5 Å². The lowest BCUT2D eigenvalue weighted by Crippen LogP contribution is -2.39. The summed E-state index contributed by atoms with van der Waals surface area (Å²) in [6, 6.07) is 18.7. The van der Waals surface area contributed by atoms with E-state index in [9.17, 15) is 0 Å². The van der Waals surface area contributed by atoms with Crippen molar-refractivity contribution in [1.29, 1.82) is 0 Å². The van der Waals surface area contributed by atoms with Crippen LogP contribution in [-0.4, -0.2) is 30.6 Å². The molecule has 1 heterocycles. The monoisotopic (exact) mass is 511 g/mol. The number of nitrogens with zero attached hydrogens (tertiary/aromatic N) is 1. The SMILES string of the molecule is CN=C(NCc1ccccc1COCc1ccccc1)NCC1CCCS1.I. The van der Waals surface area contributed by atoms with Gasteiger partial charge in [-0.1, -0.05) is 54.6 Å². The van der Waals surface area contributed by atoms with E-state index in [2.05, 4.69) is 63.8 Å². The summed E-state index contributed by atoms with van der Waals surface area (Å²) in [6.07, 6.45) is 2.63. The maximum Gasteiger partial charge on any atom is 0.191 e. The van der Waals surface area contributed by atoms with Gasteiger partial charge in [-0.3, -0.25) is 4.99 Å². The molecule has 0 saturated carbocycles. The fourth-order valence-electron chi connectivity index (χ4n) is 3.14. The molecule has 1 aliphatic rings. The van der Waals surface area contributed by atoms with E-state index < -0.39 is 0 Å². The largest absolute Gasteiger partial charge is 0.372 e. The van der Waals surface area contributed by atoms with E-state index in [1.54, 1.807) is 0 Å². The second kappa shape index (κ2) is 13.1. The van der Waals surface area contributed by atoms with Crippen LogP contribution < -0.4 is 10.6 Å². The third-order valence-electron chi connectivity index (χ3n) is 4.68. The third-order valence-corrected chi connectivity index (χ3v) is 6.08. The zero-order valence-corrected chi connectivity index (χ0v) is 19.5. The highest BCUT2D eigenvalue weighted by Gasteiger charge is 2.15. The number of ether oxygens (including phenoxy) is 1. The van der Waals surface area contributed by atoms with E-state index in [1.165, 1.54) is 35.3 Å². The van der Waals surface area contributed by atoms with Gasteiger partial charge in [0.15, 0.2) is 5.96 Å². The summed E-state index contributed by atoms with van der Waals surface area (Å²) in [5.74, 6) is 2.15. The molecular weight excluding hydrogens is 481 g/mol. The van der Waals surface area contributed by atoms with Gasteiger partial charge >= 0.3 is 0 Å². The minimum Gasteiger partial charge on any atom is -0.372 e. The van der Waals surface area contributed by atoms with Gasteiger partial charge in [-0.25, -0.2) is 0 Å². The third kappa shape index (κ3) is 7.64. The number of aliphatic imine (C=N–C) groups is 1. The van der Waals surface area contributed by atoms with Gasteiger partial charge in [-0.05, 0) is 35.3 Å². The van der Waals surface area contributed by atoms with Crippen molar-refractivity contribution in [3.63, 3.8) is 0 Å². The fraction of sp³-hybridized carbons (Fsp3) is 0.409. The summed E-state index contributed by atoms with van der Waals surface area (Å²) in [4.78, 5) is 4.35. The second-order valence-corrected chi connectivity index (χ2v) is 8.10. The van der Waals surface area contributed by atoms with E-state index in [1.807, 2.05) is 25.2 Å². The second-order valence-electron chi connectivity index (χ2n) is 6.69. The Bertz CT molecular complexity index is 721. The van der Waals surface area contributed by atoms with Crippen molar-refractivity contribution < 1.29 is 4.74 Å². The molecule has 1 fully saturated rings. The lowest BCUT2D eigenvalue weighted by Gasteiger charge is -2.16. The van der Waals surface area contributed by atoms with E-state index in [0.29, 0.717) is 18.5 Å². The number of thioether (sulfide) groups is 1. The molecule has 0 amide bonds. The lowest BCUT2D eigenvalue weighted by atomic mass is 10.1. The van der Waals surface area contributed by atoms with Crippen LogP contribution in [0, 0.1) is 0 Å². The van der Waals surface area contributed by atoms with E-state index in [4.69, 9.17) is 4.74 Å². The topological polar surface area (TPSA) is 45.7 Å². The zero-order chi connectivity index (χ0) is 18.7. The number of benzene rings is 2. The molecular formula is C22H30IN3OS. The van der Waals surface area contributed by atoms with Crippen LogP contribution in [0.15, 0.2) is 59.6 Å². The molecule has 0 radical (unpaired) electrons. The first-order valence-corrected chi connectivity index (χ1v) is 10.6. The molecule has 0 aliphatic carbocycles. The Kier molecular flexibility index (Phi) is 10.7. The first kappa shape index (κ1) is 23.0. The maximum atomic E-state index is 5.92. The molecule has 2 aromatic rings. The summed E-state index contributed by atoms with van der Waals surface area (Å²) in [7, 11) is 1.83. The molecule has 1 aliphatic heterocycles. The average Bonchev–Trinajstić information content (AvgIpc) is 3.23. The molecule has 0 bridgehead atoms. The smallest absolute Gasteiger partial charge is 0.191 e. The van der Waals surface area contributed by atoms with E-state index >= 15 is 0 Å². The number of halogens is 1. The molecule has 1 atom stereocenters. The van der Waals surface area contributed by atoms with Gasteiger partial charge in [-0.2, -0.15) is 11.8 Å². The Morgan fingerprint density at radius 1 is 1.04 bits per heavy atom. The van der Waals surface area contributed by atoms with Crippen LogP contribution in [0.25, 0.3) is 0 Å². The Balaban J connectivity index is 0.00000280. The molecule has 2 N–H and O–H groups in total. The number of hydrogen-bond acceptors (Lipinski definition) is 3. The number of nitrogens with one attached hydrogen (secondary N) is 2. The predicted octanol–water partition coefficient (Wildman–Crippen LogP) is 4.58. The van der Waals surface area contributed by atoms with Crippen molar-refractivity contribution in [2.75, 3.05) is 19.3 Å². The average molecular weight is 511 g/mol. The molecule has 152 valence electrons. The van der Waals surface area contributed by atoms with Crippen molar-refractivity contribution >= 4 is 41.7 Å². The molecule has 1 saturated heterocycles. The molecule has 0 aromatic heterocycles. The van der Waals surface area contributed by atoms with Crippen LogP contribution in [0.4, 0.5) is 0 Å². The summed E-state index contributed by atoms with van der Waals surface area (Å²) in [5.41, 5.74) is 3.65. The normalized spacial score (nSPS) is 16.5. The van der Waals surface area contributed by atoms with Crippen LogP contribution in [0.2, 0.25) is 0 Å². The van der Waals surface area contributed by atoms with Crippen LogP contribution in [-0.2, 0) is 24.5 Å². The van der Waals surface area contributed by atoms with E-state index in [-0.39, 0.29) is 24.0 Å². The van der Waals surface area contributed by atoms with Crippen LogP contribution in [0.5, 0.6) is 0 Å². The molecule has 1 unspecified atom stereocenters. The summed E-state index contributed by atoms with van der Waals surface area (Å²) < 4.78 is 5.92. The standard InChI is InChI=1S/C22H29N3OS.HI/c1-23-22(25-15-21-12-7-13-27-21)24-14-19-10-5-6-11-20(19)17-26-16-18-8-3-2-4-9-18;/h2-6,8-11,21H,7,12-17H2,1H3,(H2,23,24,25);1H. The molecule has 3 rings (SSSR count). The summed E-state index contributed by atoms with van der Waals surface area (Å²) >= 11 is 2.06. The highest BCUT2D eigenvalue weighted by molar-refractivity contribution is 14.0. The van der Waals surface area contributed by atoms with Gasteiger partial charge in [-0.15, -0.1) is 24.0 Å². The first-order chi connectivity index (χ1) is 13.3. The Morgan fingerprint density at radius 2 is 1.79 bits per heavy atom. The lowest BCUT2D eigenvalue weighted by molar-refractivity contribution is 0.106. The number of hydrogen-bond donors (Lipinski definition) is 2. The maximum absolute atomic E-state index is 5.92. The minimum absolute atomic E-state index is 0. The molecule has 0 spiro atoms. The van der Waals surface area contributed by atoms with Gasteiger partial charge in [0.1, 0.15) is 0 Å². The first-order valence-electron chi connectivity index (χ1n) is 9.59. The number of rotatable bonds is 8. The summed E-state index contributed by atoms with van der Waals surface area (Å²) in [5, 5.41) is 7.60. The Morgan fingerprint density at radius 3 is 2.50 bits per heavy atom. The molecule has 4 nitrogen and oxygen atoms in total.